The second-order valence-corrected chi connectivity index (χ2v) is 4.08. The molecule has 0 bridgehead atoms. The van der Waals surface area contributed by atoms with Gasteiger partial charge in [0, 0.05) is 12.6 Å². The maximum absolute atomic E-state index is 11.8. The van der Waals surface area contributed by atoms with E-state index < -0.39 is 0 Å². The highest BCUT2D eigenvalue weighted by atomic mass is 16.1. The number of carbonyl (C=O) groups excluding carboxylic acids is 1. The Labute approximate surface area is 90.0 Å². The van der Waals surface area contributed by atoms with Crippen LogP contribution < -0.4 is 0 Å². The number of Topliss-reactive ketones (excluding diaryl/α,β-unsaturated/α-hetero) is 1. The summed E-state index contributed by atoms with van der Waals surface area (Å²) in [5, 5.41) is 0. The molecule has 1 heterocycles. The minimum absolute atomic E-state index is 0.142. The number of allylic oxidation sites excluding steroid dienone is 2. The van der Waals surface area contributed by atoms with Gasteiger partial charge in [-0.3, -0.25) is 9.78 Å². The van der Waals surface area contributed by atoms with Crippen molar-refractivity contribution < 1.29 is 4.79 Å². The van der Waals surface area contributed by atoms with Crippen molar-refractivity contribution in [3.63, 3.8) is 0 Å². The fourth-order valence-electron chi connectivity index (χ4n) is 1.83. The number of aromatic nitrogens is 1. The molecule has 78 valence electrons. The van der Waals surface area contributed by atoms with Crippen LogP contribution in [0.25, 0.3) is 0 Å². The molecule has 15 heavy (non-hydrogen) atoms. The van der Waals surface area contributed by atoms with E-state index in [9.17, 15) is 4.79 Å². The van der Waals surface area contributed by atoms with Crippen LogP contribution in [0.1, 0.15) is 41.7 Å². The average Bonchev–Trinajstić information content (AvgIpc) is 2.71. The molecule has 0 atom stereocenters. The third-order valence-electron chi connectivity index (χ3n) is 2.72. The molecule has 0 saturated heterocycles. The first-order chi connectivity index (χ1) is 7.25. The topological polar surface area (TPSA) is 30.0 Å². The van der Waals surface area contributed by atoms with Crippen molar-refractivity contribution in [2.75, 3.05) is 0 Å². The van der Waals surface area contributed by atoms with Gasteiger partial charge in [-0.1, -0.05) is 17.7 Å². The Bertz CT molecular complexity index is 390. The fourth-order valence-corrected chi connectivity index (χ4v) is 1.83. The van der Waals surface area contributed by atoms with E-state index in [1.54, 1.807) is 6.20 Å². The molecule has 0 N–H and O–H groups in total. The van der Waals surface area contributed by atoms with Gasteiger partial charge in [-0.15, -0.1) is 0 Å². The van der Waals surface area contributed by atoms with E-state index in [1.807, 2.05) is 19.1 Å². The molecule has 2 heteroatoms. The maximum Gasteiger partial charge on any atom is 0.185 e. The molecule has 1 aliphatic carbocycles. The van der Waals surface area contributed by atoms with Gasteiger partial charge in [0.2, 0.25) is 0 Å². The van der Waals surface area contributed by atoms with E-state index in [2.05, 4.69) is 11.1 Å². The monoisotopic (exact) mass is 201 g/mol. The largest absolute Gasteiger partial charge is 0.292 e. The number of rotatable bonds is 3. The van der Waals surface area contributed by atoms with Crippen LogP contribution in [0.4, 0.5) is 0 Å². The lowest BCUT2D eigenvalue weighted by Gasteiger charge is -2.01. The van der Waals surface area contributed by atoms with Gasteiger partial charge in [0.15, 0.2) is 5.78 Å². The standard InChI is InChI=1S/C13H15NO/c1-10-6-7-12(14-9-10)13(15)8-11-4-2-3-5-11/h4,6-7,9H,2-3,5,8H2,1H3. The van der Waals surface area contributed by atoms with Gasteiger partial charge < -0.3 is 0 Å². The van der Waals surface area contributed by atoms with Crippen LogP contribution in [0.15, 0.2) is 30.0 Å². The normalized spacial score (nSPS) is 15.1. The summed E-state index contributed by atoms with van der Waals surface area (Å²) in [6.07, 6.45) is 7.89. The first-order valence-electron chi connectivity index (χ1n) is 5.39. The maximum atomic E-state index is 11.8. The van der Waals surface area contributed by atoms with Crippen LogP contribution in [0.5, 0.6) is 0 Å². The molecule has 0 aliphatic heterocycles. The minimum Gasteiger partial charge on any atom is -0.292 e. The smallest absolute Gasteiger partial charge is 0.185 e. The predicted octanol–water partition coefficient (Wildman–Crippen LogP) is 3.07. The molecule has 1 aliphatic rings. The number of pyridine rings is 1. The molecule has 2 nitrogen and oxygen atoms in total. The second-order valence-electron chi connectivity index (χ2n) is 4.08. The lowest BCUT2D eigenvalue weighted by Crippen LogP contribution is -2.02. The van der Waals surface area contributed by atoms with E-state index in [4.69, 9.17) is 0 Å². The van der Waals surface area contributed by atoms with Crippen LogP contribution in [-0.4, -0.2) is 10.8 Å². The van der Waals surface area contributed by atoms with E-state index in [-0.39, 0.29) is 5.78 Å². The minimum atomic E-state index is 0.142. The number of nitrogens with zero attached hydrogens (tertiary/aromatic N) is 1. The Kier molecular flexibility index (Phi) is 2.95. The lowest BCUT2D eigenvalue weighted by molar-refractivity contribution is 0.0987. The average molecular weight is 201 g/mol. The summed E-state index contributed by atoms with van der Waals surface area (Å²) in [5.41, 5.74) is 2.96. The first-order valence-corrected chi connectivity index (χ1v) is 5.39. The van der Waals surface area contributed by atoms with Crippen molar-refractivity contribution in [2.24, 2.45) is 0 Å². The number of ketones is 1. The number of hydrogen-bond donors (Lipinski definition) is 0. The molecule has 2 rings (SSSR count). The van der Waals surface area contributed by atoms with Gasteiger partial charge >= 0.3 is 0 Å². The summed E-state index contributed by atoms with van der Waals surface area (Å²) in [6, 6.07) is 3.75. The van der Waals surface area contributed by atoms with Gasteiger partial charge in [-0.25, -0.2) is 0 Å². The highest BCUT2D eigenvalue weighted by Crippen LogP contribution is 2.21. The zero-order chi connectivity index (χ0) is 10.7. The number of hydrogen-bond acceptors (Lipinski definition) is 2. The number of carbonyl (C=O) groups is 1. The van der Waals surface area contributed by atoms with Crippen LogP contribution in [0, 0.1) is 6.92 Å². The third kappa shape index (κ3) is 2.52. The molecule has 0 spiro atoms. The Morgan fingerprint density at radius 3 is 2.93 bits per heavy atom. The molecular formula is C13H15NO. The Balaban J connectivity index is 2.04. The highest BCUT2D eigenvalue weighted by molar-refractivity contribution is 5.95. The Morgan fingerprint density at radius 2 is 2.33 bits per heavy atom. The zero-order valence-corrected chi connectivity index (χ0v) is 8.99. The lowest BCUT2D eigenvalue weighted by atomic mass is 10.1. The van der Waals surface area contributed by atoms with Crippen molar-refractivity contribution >= 4 is 5.78 Å². The predicted molar refractivity (Wildman–Crippen MR) is 59.9 cm³/mol. The SMILES string of the molecule is Cc1ccc(C(=O)CC2=CCCC2)nc1. The van der Waals surface area contributed by atoms with Gasteiger partial charge in [-0.2, -0.15) is 0 Å². The summed E-state index contributed by atoms with van der Waals surface area (Å²) < 4.78 is 0. The first kappa shape index (κ1) is 10.1. The van der Waals surface area contributed by atoms with E-state index in [0.717, 1.165) is 18.4 Å². The van der Waals surface area contributed by atoms with Gasteiger partial charge in [0.1, 0.15) is 5.69 Å². The molecule has 0 fully saturated rings. The van der Waals surface area contributed by atoms with Crippen LogP contribution in [0.3, 0.4) is 0 Å². The van der Waals surface area contributed by atoms with Gasteiger partial charge in [-0.05, 0) is 37.8 Å². The molecule has 1 aromatic rings. The molecule has 0 saturated carbocycles. The summed E-state index contributed by atoms with van der Waals surface area (Å²) in [4.78, 5) is 16.0. The quantitative estimate of drug-likeness (QED) is 0.555. The van der Waals surface area contributed by atoms with Gasteiger partial charge in [0.05, 0.1) is 0 Å². The van der Waals surface area contributed by atoms with E-state index in [1.165, 1.54) is 12.0 Å². The summed E-state index contributed by atoms with van der Waals surface area (Å²) in [7, 11) is 0. The molecule has 0 radical (unpaired) electrons. The van der Waals surface area contributed by atoms with Crippen molar-refractivity contribution in [1.29, 1.82) is 0 Å². The van der Waals surface area contributed by atoms with Crippen molar-refractivity contribution in [3.8, 4) is 0 Å². The molecule has 0 aromatic carbocycles. The van der Waals surface area contributed by atoms with E-state index >= 15 is 0 Å². The fraction of sp³-hybridized carbons (Fsp3) is 0.385. The number of aryl methyl sites for hydroxylation is 1. The molecule has 1 aromatic heterocycles. The van der Waals surface area contributed by atoms with Crippen molar-refractivity contribution in [1.82, 2.24) is 4.98 Å². The van der Waals surface area contributed by atoms with E-state index in [0.29, 0.717) is 12.1 Å². The van der Waals surface area contributed by atoms with Gasteiger partial charge in [0.25, 0.3) is 0 Å². The second kappa shape index (κ2) is 4.39. The summed E-state index contributed by atoms with van der Waals surface area (Å²) in [6.45, 7) is 1.97. The third-order valence-corrected chi connectivity index (χ3v) is 2.72. The summed E-state index contributed by atoms with van der Waals surface area (Å²) >= 11 is 0. The van der Waals surface area contributed by atoms with Crippen LogP contribution in [0.2, 0.25) is 0 Å². The summed E-state index contributed by atoms with van der Waals surface area (Å²) in [5.74, 6) is 0.142. The molecular weight excluding hydrogens is 186 g/mol. The zero-order valence-electron chi connectivity index (χ0n) is 8.99. The highest BCUT2D eigenvalue weighted by Gasteiger charge is 2.12. The van der Waals surface area contributed by atoms with Crippen LogP contribution in [-0.2, 0) is 0 Å². The molecule has 0 amide bonds. The van der Waals surface area contributed by atoms with Crippen molar-refractivity contribution in [3.05, 3.63) is 41.2 Å². The Morgan fingerprint density at radius 1 is 1.47 bits per heavy atom. The molecule has 0 unspecified atom stereocenters. The van der Waals surface area contributed by atoms with Crippen LogP contribution >= 0.6 is 0 Å². The van der Waals surface area contributed by atoms with Crippen molar-refractivity contribution in [2.45, 2.75) is 32.6 Å². The Hall–Kier alpha value is -1.44.